The molecule has 0 heterocycles. The van der Waals surface area contributed by atoms with Gasteiger partial charge in [0.1, 0.15) is 11.6 Å². The summed E-state index contributed by atoms with van der Waals surface area (Å²) in [7, 11) is 1.65. The Bertz CT molecular complexity index is 1050. The number of hydrogen-bond acceptors (Lipinski definition) is 2. The number of para-hydroxylation sites is 1. The minimum atomic E-state index is -0.257. The zero-order valence-corrected chi connectivity index (χ0v) is 16.6. The third-order valence-electron chi connectivity index (χ3n) is 5.63. The van der Waals surface area contributed by atoms with Crippen molar-refractivity contribution in [1.82, 2.24) is 0 Å². The molecule has 2 nitrogen and oxygen atoms in total. The fraction of sp³-hybridized carbons (Fsp3) is 0.192. The summed E-state index contributed by atoms with van der Waals surface area (Å²) in [4.78, 5) is 13.4. The second kappa shape index (κ2) is 8.04. The molecule has 4 rings (SSSR count). The molecule has 1 aliphatic rings. The van der Waals surface area contributed by atoms with Crippen molar-refractivity contribution in [2.24, 2.45) is 0 Å². The van der Waals surface area contributed by atoms with Crippen molar-refractivity contribution < 1.29 is 13.9 Å². The van der Waals surface area contributed by atoms with E-state index in [-0.39, 0.29) is 23.4 Å². The maximum absolute atomic E-state index is 13.4. The van der Waals surface area contributed by atoms with Crippen molar-refractivity contribution in [3.63, 3.8) is 0 Å². The number of Topliss-reactive ketones (excluding diaryl/α,β-unsaturated/α-hetero) is 1. The Morgan fingerprint density at radius 3 is 2.34 bits per heavy atom. The lowest BCUT2D eigenvalue weighted by atomic mass is 9.86. The normalized spacial score (nSPS) is 18.4. The molecular formula is C26H23FO2. The van der Waals surface area contributed by atoms with Crippen LogP contribution in [-0.4, -0.2) is 12.9 Å². The smallest absolute Gasteiger partial charge is 0.189 e. The fourth-order valence-electron chi connectivity index (χ4n) is 4.08. The quantitative estimate of drug-likeness (QED) is 0.486. The summed E-state index contributed by atoms with van der Waals surface area (Å²) in [5.41, 5.74) is 4.59. The molecule has 3 aromatic carbocycles. The highest BCUT2D eigenvalue weighted by atomic mass is 19.1. The summed E-state index contributed by atoms with van der Waals surface area (Å²) in [6.07, 6.45) is 2.80. The van der Waals surface area contributed by atoms with Gasteiger partial charge in [-0.05, 0) is 37.1 Å². The average molecular weight is 386 g/mol. The van der Waals surface area contributed by atoms with Gasteiger partial charge < -0.3 is 4.74 Å². The summed E-state index contributed by atoms with van der Waals surface area (Å²) >= 11 is 0. The predicted octanol–water partition coefficient (Wildman–Crippen LogP) is 6.22. The highest BCUT2D eigenvalue weighted by Crippen LogP contribution is 2.46. The van der Waals surface area contributed by atoms with E-state index in [1.54, 1.807) is 19.2 Å². The van der Waals surface area contributed by atoms with Gasteiger partial charge in [-0.2, -0.15) is 0 Å². The molecule has 0 aromatic heterocycles. The summed E-state index contributed by atoms with van der Waals surface area (Å²) in [6, 6.07) is 22.1. The number of carbonyl (C=O) groups excluding carboxylic acids is 1. The Balaban J connectivity index is 1.76. The number of carbonyl (C=O) groups is 1. The van der Waals surface area contributed by atoms with Crippen molar-refractivity contribution in [1.29, 1.82) is 0 Å². The minimum absolute atomic E-state index is 0.0329. The number of methoxy groups -OCH3 is 1. The van der Waals surface area contributed by atoms with E-state index in [1.807, 2.05) is 61.5 Å². The maximum Gasteiger partial charge on any atom is 0.189 e. The number of halogens is 1. The van der Waals surface area contributed by atoms with Gasteiger partial charge >= 0.3 is 0 Å². The Kier molecular flexibility index (Phi) is 5.30. The highest BCUT2D eigenvalue weighted by molar-refractivity contribution is 6.10. The Labute approximate surface area is 170 Å². The van der Waals surface area contributed by atoms with Crippen molar-refractivity contribution >= 4 is 5.78 Å². The largest absolute Gasteiger partial charge is 0.496 e. The van der Waals surface area contributed by atoms with E-state index < -0.39 is 0 Å². The number of benzene rings is 3. The van der Waals surface area contributed by atoms with Crippen LogP contribution in [0.2, 0.25) is 0 Å². The van der Waals surface area contributed by atoms with E-state index in [0.717, 1.165) is 34.4 Å². The minimum Gasteiger partial charge on any atom is -0.496 e. The second-order valence-electron chi connectivity index (χ2n) is 7.51. The Morgan fingerprint density at radius 1 is 0.966 bits per heavy atom. The van der Waals surface area contributed by atoms with Gasteiger partial charge in [-0.1, -0.05) is 66.2 Å². The first-order valence-electron chi connectivity index (χ1n) is 9.78. The molecular weight excluding hydrogens is 363 g/mol. The highest BCUT2D eigenvalue weighted by Gasteiger charge is 2.34. The lowest BCUT2D eigenvalue weighted by molar-refractivity contribution is 0.102. The van der Waals surface area contributed by atoms with E-state index in [9.17, 15) is 9.18 Å². The molecule has 3 heteroatoms. The van der Waals surface area contributed by atoms with Crippen molar-refractivity contribution in [3.8, 4) is 5.75 Å². The molecule has 2 atom stereocenters. The zero-order chi connectivity index (χ0) is 20.4. The summed E-state index contributed by atoms with van der Waals surface area (Å²) in [5.74, 6) is 0.531. The van der Waals surface area contributed by atoms with Gasteiger partial charge in [0.05, 0.1) is 7.11 Å². The van der Waals surface area contributed by atoms with E-state index in [2.05, 4.69) is 0 Å². The van der Waals surface area contributed by atoms with Crippen LogP contribution in [-0.2, 0) is 0 Å². The van der Waals surface area contributed by atoms with Crippen LogP contribution in [0.25, 0.3) is 0 Å². The van der Waals surface area contributed by atoms with Crippen LogP contribution < -0.4 is 4.74 Å². The number of ketones is 1. The van der Waals surface area contributed by atoms with Crippen molar-refractivity contribution in [3.05, 3.63) is 113 Å². The third kappa shape index (κ3) is 3.86. The predicted molar refractivity (Wildman–Crippen MR) is 113 cm³/mol. The van der Waals surface area contributed by atoms with Crippen molar-refractivity contribution in [2.45, 2.75) is 25.2 Å². The Hall–Kier alpha value is -3.20. The van der Waals surface area contributed by atoms with Crippen LogP contribution in [0.5, 0.6) is 5.75 Å². The van der Waals surface area contributed by atoms with E-state index in [0.29, 0.717) is 5.56 Å². The van der Waals surface area contributed by atoms with Gasteiger partial charge in [0.25, 0.3) is 0 Å². The summed E-state index contributed by atoms with van der Waals surface area (Å²) in [5, 5.41) is 0. The molecule has 3 aromatic rings. The van der Waals surface area contributed by atoms with Gasteiger partial charge in [0.2, 0.25) is 0 Å². The zero-order valence-electron chi connectivity index (χ0n) is 16.6. The van der Waals surface area contributed by atoms with Gasteiger partial charge in [-0.15, -0.1) is 0 Å². The van der Waals surface area contributed by atoms with Gasteiger partial charge in [-0.25, -0.2) is 4.39 Å². The van der Waals surface area contributed by atoms with Crippen LogP contribution >= 0.6 is 0 Å². The standard InChI is InChI=1S/C26H23FO2/c1-17-7-9-19(10-8-17)26(28)24-16-20(18-11-13-21(27)14-12-18)15-23(24)22-5-3-4-6-25(22)29-2/h3-14,16,20,23H,15H2,1-2H3. The number of aryl methyl sites for hydroxylation is 1. The Morgan fingerprint density at radius 2 is 1.66 bits per heavy atom. The molecule has 0 bridgehead atoms. The maximum atomic E-state index is 13.4. The first kappa shape index (κ1) is 19.1. The van der Waals surface area contributed by atoms with Crippen molar-refractivity contribution in [2.75, 3.05) is 7.11 Å². The molecule has 0 radical (unpaired) electrons. The van der Waals surface area contributed by atoms with E-state index in [1.165, 1.54) is 12.1 Å². The molecule has 0 amide bonds. The molecule has 1 aliphatic carbocycles. The van der Waals surface area contributed by atoms with Crippen LogP contribution in [0.15, 0.2) is 84.4 Å². The molecule has 0 saturated heterocycles. The molecule has 0 saturated carbocycles. The first-order valence-corrected chi connectivity index (χ1v) is 9.78. The summed E-state index contributed by atoms with van der Waals surface area (Å²) in [6.45, 7) is 2.01. The number of allylic oxidation sites excluding steroid dienone is 2. The lowest BCUT2D eigenvalue weighted by Crippen LogP contribution is -2.10. The van der Waals surface area contributed by atoms with Crippen LogP contribution in [0, 0.1) is 12.7 Å². The molecule has 0 fully saturated rings. The first-order chi connectivity index (χ1) is 14.1. The van der Waals surface area contributed by atoms with E-state index in [4.69, 9.17) is 4.74 Å². The molecule has 0 spiro atoms. The molecule has 0 N–H and O–H groups in total. The van der Waals surface area contributed by atoms with Gasteiger partial charge in [0, 0.05) is 28.5 Å². The van der Waals surface area contributed by atoms with Gasteiger partial charge in [0.15, 0.2) is 5.78 Å². The van der Waals surface area contributed by atoms with Crippen LogP contribution in [0.3, 0.4) is 0 Å². The molecule has 0 aliphatic heterocycles. The second-order valence-corrected chi connectivity index (χ2v) is 7.51. The van der Waals surface area contributed by atoms with Crippen LogP contribution in [0.1, 0.15) is 45.3 Å². The lowest BCUT2D eigenvalue weighted by Gasteiger charge is -2.19. The number of hydrogen-bond donors (Lipinski definition) is 0. The monoisotopic (exact) mass is 386 g/mol. The molecule has 2 unspecified atom stereocenters. The SMILES string of the molecule is COc1ccccc1C1CC(c2ccc(F)cc2)C=C1C(=O)c1ccc(C)cc1. The van der Waals surface area contributed by atoms with Crippen LogP contribution in [0.4, 0.5) is 4.39 Å². The topological polar surface area (TPSA) is 26.3 Å². The van der Waals surface area contributed by atoms with E-state index >= 15 is 0 Å². The number of ether oxygens (including phenoxy) is 1. The third-order valence-corrected chi connectivity index (χ3v) is 5.63. The summed E-state index contributed by atoms with van der Waals surface area (Å²) < 4.78 is 19.0. The molecule has 146 valence electrons. The van der Waals surface area contributed by atoms with Gasteiger partial charge in [-0.3, -0.25) is 4.79 Å². The average Bonchev–Trinajstić information content (AvgIpc) is 3.19. The fourth-order valence-corrected chi connectivity index (χ4v) is 4.08. The molecule has 29 heavy (non-hydrogen) atoms. The number of rotatable bonds is 5.